The van der Waals surface area contributed by atoms with Crippen molar-refractivity contribution in [2.24, 2.45) is 0 Å². The van der Waals surface area contributed by atoms with Gasteiger partial charge in [0.15, 0.2) is 0 Å². The summed E-state index contributed by atoms with van der Waals surface area (Å²) < 4.78 is 5.96. The molecule has 0 aliphatic carbocycles. The third-order valence-corrected chi connectivity index (χ3v) is 3.40. The molecule has 2 unspecified atom stereocenters. The van der Waals surface area contributed by atoms with Crippen LogP contribution in [-0.2, 0) is 4.74 Å². The molecule has 2 heteroatoms. The van der Waals surface area contributed by atoms with Crippen LogP contribution in [0.25, 0.3) is 0 Å². The number of rotatable bonds is 9. The van der Waals surface area contributed by atoms with Crippen molar-refractivity contribution in [1.82, 2.24) is 5.32 Å². The highest BCUT2D eigenvalue weighted by Gasteiger charge is 2.18. The van der Waals surface area contributed by atoms with Crippen molar-refractivity contribution in [1.29, 1.82) is 0 Å². The predicted octanol–water partition coefficient (Wildman–Crippen LogP) is 4.24. The predicted molar refractivity (Wildman–Crippen MR) is 82.5 cm³/mol. The van der Waals surface area contributed by atoms with Crippen molar-refractivity contribution in [3.05, 3.63) is 35.4 Å². The second-order valence-corrected chi connectivity index (χ2v) is 5.27. The molecule has 108 valence electrons. The molecular weight excluding hydrogens is 234 g/mol. The standard InChI is InChI=1S/C17H29NO/c1-5-7-13-19-15(4)17(18-12-6-2)16-10-8-14(3)9-11-16/h8-11,15,17-18H,5-7,12-13H2,1-4H3. The van der Waals surface area contributed by atoms with Crippen LogP contribution in [0.1, 0.15) is 57.2 Å². The monoisotopic (exact) mass is 263 g/mol. The van der Waals surface area contributed by atoms with Crippen LogP contribution in [0, 0.1) is 6.92 Å². The smallest absolute Gasteiger partial charge is 0.0741 e. The van der Waals surface area contributed by atoms with E-state index in [0.29, 0.717) is 0 Å². The van der Waals surface area contributed by atoms with Gasteiger partial charge in [0, 0.05) is 6.61 Å². The highest BCUT2D eigenvalue weighted by Crippen LogP contribution is 2.20. The van der Waals surface area contributed by atoms with Gasteiger partial charge in [-0.1, -0.05) is 50.1 Å². The van der Waals surface area contributed by atoms with Gasteiger partial charge in [0.2, 0.25) is 0 Å². The number of unbranched alkanes of at least 4 members (excludes halogenated alkanes) is 1. The first-order valence-corrected chi connectivity index (χ1v) is 7.60. The van der Waals surface area contributed by atoms with Crippen molar-refractivity contribution in [2.45, 2.75) is 59.1 Å². The summed E-state index contributed by atoms with van der Waals surface area (Å²) in [7, 11) is 0. The van der Waals surface area contributed by atoms with Gasteiger partial charge in [0.1, 0.15) is 0 Å². The molecule has 0 heterocycles. The molecule has 1 rings (SSSR count). The third kappa shape index (κ3) is 5.75. The number of ether oxygens (including phenoxy) is 1. The molecule has 0 aliphatic heterocycles. The van der Waals surface area contributed by atoms with Gasteiger partial charge in [-0.3, -0.25) is 0 Å². The van der Waals surface area contributed by atoms with E-state index in [2.05, 4.69) is 57.3 Å². The quantitative estimate of drug-likeness (QED) is 0.673. The normalized spacial score (nSPS) is 14.3. The van der Waals surface area contributed by atoms with E-state index in [0.717, 1.165) is 26.0 Å². The Hall–Kier alpha value is -0.860. The maximum absolute atomic E-state index is 5.96. The molecule has 0 fully saturated rings. The molecule has 0 radical (unpaired) electrons. The number of hydrogen-bond donors (Lipinski definition) is 1. The fourth-order valence-corrected chi connectivity index (χ4v) is 2.14. The molecule has 0 spiro atoms. The largest absolute Gasteiger partial charge is 0.377 e. The Kier molecular flexibility index (Phi) is 7.76. The molecule has 0 saturated heterocycles. The summed E-state index contributed by atoms with van der Waals surface area (Å²) in [6.07, 6.45) is 3.67. The van der Waals surface area contributed by atoms with Crippen molar-refractivity contribution in [2.75, 3.05) is 13.2 Å². The van der Waals surface area contributed by atoms with E-state index in [9.17, 15) is 0 Å². The molecule has 19 heavy (non-hydrogen) atoms. The molecular formula is C17H29NO. The van der Waals surface area contributed by atoms with E-state index in [1.165, 1.54) is 17.5 Å². The summed E-state index contributed by atoms with van der Waals surface area (Å²) >= 11 is 0. The molecule has 0 saturated carbocycles. The zero-order valence-electron chi connectivity index (χ0n) is 12.9. The van der Waals surface area contributed by atoms with Crippen LogP contribution < -0.4 is 5.32 Å². The van der Waals surface area contributed by atoms with Crippen LogP contribution in [0.2, 0.25) is 0 Å². The molecule has 0 aliphatic rings. The number of benzene rings is 1. The fourth-order valence-electron chi connectivity index (χ4n) is 2.14. The molecule has 2 atom stereocenters. The van der Waals surface area contributed by atoms with Crippen molar-refractivity contribution in [3.8, 4) is 0 Å². The maximum Gasteiger partial charge on any atom is 0.0741 e. The van der Waals surface area contributed by atoms with E-state index in [-0.39, 0.29) is 12.1 Å². The number of nitrogens with one attached hydrogen (secondary N) is 1. The first-order chi connectivity index (χ1) is 9.19. The van der Waals surface area contributed by atoms with Gasteiger partial charge in [0.05, 0.1) is 12.1 Å². The summed E-state index contributed by atoms with van der Waals surface area (Å²) in [5, 5.41) is 3.61. The Morgan fingerprint density at radius 2 is 1.79 bits per heavy atom. The van der Waals surface area contributed by atoms with Crippen molar-refractivity contribution >= 4 is 0 Å². The SMILES string of the molecule is CCCCOC(C)C(NCCC)c1ccc(C)cc1. The molecule has 0 aromatic heterocycles. The lowest BCUT2D eigenvalue weighted by atomic mass is 10.0. The van der Waals surface area contributed by atoms with Crippen LogP contribution in [-0.4, -0.2) is 19.3 Å². The number of aryl methyl sites for hydroxylation is 1. The first-order valence-electron chi connectivity index (χ1n) is 7.60. The zero-order valence-corrected chi connectivity index (χ0v) is 12.9. The minimum atomic E-state index is 0.209. The highest BCUT2D eigenvalue weighted by atomic mass is 16.5. The van der Waals surface area contributed by atoms with Gasteiger partial charge in [-0.25, -0.2) is 0 Å². The summed E-state index contributed by atoms with van der Waals surface area (Å²) in [5.74, 6) is 0. The second kappa shape index (κ2) is 9.11. The number of hydrogen-bond acceptors (Lipinski definition) is 2. The Morgan fingerprint density at radius 3 is 2.37 bits per heavy atom. The fraction of sp³-hybridized carbons (Fsp3) is 0.647. The van der Waals surface area contributed by atoms with Crippen LogP contribution in [0.15, 0.2) is 24.3 Å². The van der Waals surface area contributed by atoms with E-state index >= 15 is 0 Å². The Labute approximate surface area is 118 Å². The van der Waals surface area contributed by atoms with Gasteiger partial charge in [-0.15, -0.1) is 0 Å². The average molecular weight is 263 g/mol. The molecule has 1 aromatic rings. The summed E-state index contributed by atoms with van der Waals surface area (Å²) in [6, 6.07) is 9.06. The maximum atomic E-state index is 5.96. The van der Waals surface area contributed by atoms with Gasteiger partial charge in [0.25, 0.3) is 0 Å². The zero-order chi connectivity index (χ0) is 14.1. The highest BCUT2D eigenvalue weighted by molar-refractivity contribution is 5.24. The third-order valence-electron chi connectivity index (χ3n) is 3.40. The molecule has 0 amide bonds. The van der Waals surface area contributed by atoms with Crippen LogP contribution in [0.4, 0.5) is 0 Å². The summed E-state index contributed by atoms with van der Waals surface area (Å²) in [6.45, 7) is 10.6. The summed E-state index contributed by atoms with van der Waals surface area (Å²) in [4.78, 5) is 0. The second-order valence-electron chi connectivity index (χ2n) is 5.27. The van der Waals surface area contributed by atoms with Crippen LogP contribution in [0.3, 0.4) is 0 Å². The molecule has 0 bridgehead atoms. The summed E-state index contributed by atoms with van der Waals surface area (Å²) in [5.41, 5.74) is 2.63. The molecule has 2 nitrogen and oxygen atoms in total. The van der Waals surface area contributed by atoms with Gasteiger partial charge >= 0.3 is 0 Å². The first kappa shape index (κ1) is 16.2. The topological polar surface area (TPSA) is 21.3 Å². The van der Waals surface area contributed by atoms with E-state index in [4.69, 9.17) is 4.74 Å². The van der Waals surface area contributed by atoms with Crippen LogP contribution in [0.5, 0.6) is 0 Å². The molecule has 1 aromatic carbocycles. The Morgan fingerprint density at radius 1 is 1.11 bits per heavy atom. The molecule has 1 N–H and O–H groups in total. The van der Waals surface area contributed by atoms with Crippen molar-refractivity contribution in [3.63, 3.8) is 0 Å². The van der Waals surface area contributed by atoms with Crippen molar-refractivity contribution < 1.29 is 4.74 Å². The lowest BCUT2D eigenvalue weighted by Crippen LogP contribution is -2.32. The minimum Gasteiger partial charge on any atom is -0.377 e. The van der Waals surface area contributed by atoms with Gasteiger partial charge < -0.3 is 10.1 Å². The average Bonchev–Trinajstić information content (AvgIpc) is 2.41. The lowest BCUT2D eigenvalue weighted by Gasteiger charge is -2.26. The van der Waals surface area contributed by atoms with E-state index in [1.54, 1.807) is 0 Å². The van der Waals surface area contributed by atoms with E-state index in [1.807, 2.05) is 0 Å². The lowest BCUT2D eigenvalue weighted by molar-refractivity contribution is 0.0368. The Bertz CT molecular complexity index is 334. The Balaban J connectivity index is 2.67. The van der Waals surface area contributed by atoms with Gasteiger partial charge in [-0.2, -0.15) is 0 Å². The van der Waals surface area contributed by atoms with Crippen LogP contribution >= 0.6 is 0 Å². The van der Waals surface area contributed by atoms with E-state index < -0.39 is 0 Å². The minimum absolute atomic E-state index is 0.209. The van der Waals surface area contributed by atoms with Gasteiger partial charge in [-0.05, 0) is 38.8 Å².